The average molecular weight is 465 g/mol. The van der Waals surface area contributed by atoms with Crippen LogP contribution in [0.15, 0.2) is 60.9 Å². The van der Waals surface area contributed by atoms with Crippen molar-refractivity contribution in [2.45, 2.75) is 25.1 Å². The molecular formula is C24H28N6O4. The van der Waals surface area contributed by atoms with Gasteiger partial charge >= 0.3 is 0 Å². The van der Waals surface area contributed by atoms with Crippen LogP contribution in [-0.2, 0) is 22.5 Å². The van der Waals surface area contributed by atoms with Gasteiger partial charge in [0.1, 0.15) is 0 Å². The highest BCUT2D eigenvalue weighted by molar-refractivity contribution is 5.97. The van der Waals surface area contributed by atoms with Gasteiger partial charge in [0.15, 0.2) is 11.9 Å². The first-order valence-corrected chi connectivity index (χ1v) is 11.1. The third-order valence-corrected chi connectivity index (χ3v) is 5.67. The fraction of sp³-hybridized carbons (Fsp3) is 0.333. The number of aliphatic hydroxyl groups is 1. The molecule has 0 spiro atoms. The quantitative estimate of drug-likeness (QED) is 0.414. The molecule has 2 atom stereocenters. The van der Waals surface area contributed by atoms with Gasteiger partial charge in [-0.3, -0.25) is 14.5 Å². The molecule has 1 aliphatic rings. The SMILES string of the molecule is NC(=O)C(O)C(Cc1ccccc1)NC(=O)c1cccnc1-n1ccc(CN2CCOCC2)n1. The topological polar surface area (TPSA) is 136 Å². The highest BCUT2D eigenvalue weighted by Crippen LogP contribution is 2.14. The molecule has 3 heterocycles. The lowest BCUT2D eigenvalue weighted by Gasteiger charge is -2.25. The molecule has 0 bridgehead atoms. The maximum atomic E-state index is 13.2. The molecule has 2 amide bonds. The number of hydrogen-bond donors (Lipinski definition) is 3. The second-order valence-corrected chi connectivity index (χ2v) is 8.13. The van der Waals surface area contributed by atoms with Crippen LogP contribution in [0.3, 0.4) is 0 Å². The Morgan fingerprint density at radius 2 is 1.88 bits per heavy atom. The van der Waals surface area contributed by atoms with Crippen LogP contribution in [0, 0.1) is 0 Å². The minimum absolute atomic E-state index is 0.234. The zero-order valence-corrected chi connectivity index (χ0v) is 18.7. The van der Waals surface area contributed by atoms with E-state index >= 15 is 0 Å². The van der Waals surface area contributed by atoms with Gasteiger partial charge in [-0.15, -0.1) is 0 Å². The lowest BCUT2D eigenvalue weighted by molar-refractivity contribution is -0.127. The highest BCUT2D eigenvalue weighted by Gasteiger charge is 2.28. The van der Waals surface area contributed by atoms with E-state index in [4.69, 9.17) is 10.5 Å². The zero-order chi connectivity index (χ0) is 23.9. The Labute approximate surface area is 197 Å². The van der Waals surface area contributed by atoms with Gasteiger partial charge in [-0.1, -0.05) is 30.3 Å². The van der Waals surface area contributed by atoms with E-state index in [1.807, 2.05) is 36.4 Å². The van der Waals surface area contributed by atoms with Gasteiger partial charge in [0, 0.05) is 32.0 Å². The number of aliphatic hydroxyl groups excluding tert-OH is 1. The number of pyridine rings is 1. The first kappa shape index (κ1) is 23.6. The molecule has 0 saturated carbocycles. The number of carbonyl (C=O) groups is 2. The predicted octanol–water partition coefficient (Wildman–Crippen LogP) is 0.287. The maximum absolute atomic E-state index is 13.2. The third kappa shape index (κ3) is 5.84. The Balaban J connectivity index is 1.52. The number of hydrogen-bond acceptors (Lipinski definition) is 7. The van der Waals surface area contributed by atoms with Crippen LogP contribution in [0.25, 0.3) is 5.82 Å². The van der Waals surface area contributed by atoms with Gasteiger partial charge in [0.2, 0.25) is 5.91 Å². The number of carbonyl (C=O) groups excluding carboxylic acids is 2. The monoisotopic (exact) mass is 464 g/mol. The number of nitrogens with zero attached hydrogens (tertiary/aromatic N) is 4. The van der Waals surface area contributed by atoms with Gasteiger partial charge in [0.25, 0.3) is 5.91 Å². The summed E-state index contributed by atoms with van der Waals surface area (Å²) in [7, 11) is 0. The first-order valence-electron chi connectivity index (χ1n) is 11.1. The molecule has 0 aliphatic carbocycles. The third-order valence-electron chi connectivity index (χ3n) is 5.67. The normalized spacial score (nSPS) is 16.0. The van der Waals surface area contributed by atoms with Gasteiger partial charge in [0.05, 0.1) is 30.5 Å². The second-order valence-electron chi connectivity index (χ2n) is 8.13. The van der Waals surface area contributed by atoms with E-state index in [1.165, 1.54) is 0 Å². The summed E-state index contributed by atoms with van der Waals surface area (Å²) in [6.45, 7) is 3.76. The number of amides is 2. The van der Waals surface area contributed by atoms with Gasteiger partial charge in [-0.2, -0.15) is 5.10 Å². The molecule has 1 saturated heterocycles. The van der Waals surface area contributed by atoms with E-state index in [9.17, 15) is 14.7 Å². The molecular weight excluding hydrogens is 436 g/mol. The molecule has 4 rings (SSSR count). The summed E-state index contributed by atoms with van der Waals surface area (Å²) in [5, 5.41) is 17.7. The lowest BCUT2D eigenvalue weighted by Crippen LogP contribution is -2.50. The number of benzene rings is 1. The van der Waals surface area contributed by atoms with Gasteiger partial charge in [-0.05, 0) is 30.2 Å². The summed E-state index contributed by atoms with van der Waals surface area (Å²) in [4.78, 5) is 31.5. The number of nitrogens with two attached hydrogens (primary N) is 1. The molecule has 1 fully saturated rings. The molecule has 2 aromatic heterocycles. The Kier molecular flexibility index (Phi) is 7.63. The van der Waals surface area contributed by atoms with Crippen molar-refractivity contribution in [1.82, 2.24) is 25.0 Å². The summed E-state index contributed by atoms with van der Waals surface area (Å²) >= 11 is 0. The van der Waals surface area contributed by atoms with Crippen molar-refractivity contribution in [1.29, 1.82) is 0 Å². The first-order chi connectivity index (χ1) is 16.5. The van der Waals surface area contributed by atoms with E-state index in [1.54, 1.807) is 29.2 Å². The maximum Gasteiger partial charge on any atom is 0.255 e. The van der Waals surface area contributed by atoms with Crippen molar-refractivity contribution in [3.8, 4) is 5.82 Å². The number of rotatable bonds is 9. The van der Waals surface area contributed by atoms with Crippen LogP contribution in [0.4, 0.5) is 0 Å². The van der Waals surface area contributed by atoms with Gasteiger partial charge < -0.3 is 20.9 Å². The van der Waals surface area contributed by atoms with Crippen molar-refractivity contribution in [2.24, 2.45) is 5.73 Å². The van der Waals surface area contributed by atoms with Crippen molar-refractivity contribution >= 4 is 11.8 Å². The van der Waals surface area contributed by atoms with Crippen LogP contribution in [-0.4, -0.2) is 75.0 Å². The molecule has 4 N–H and O–H groups in total. The minimum Gasteiger partial charge on any atom is -0.381 e. The number of primary amides is 1. The molecule has 1 aliphatic heterocycles. The highest BCUT2D eigenvalue weighted by atomic mass is 16.5. The Morgan fingerprint density at radius 3 is 2.62 bits per heavy atom. The summed E-state index contributed by atoms with van der Waals surface area (Å²) in [6, 6.07) is 13.5. The summed E-state index contributed by atoms with van der Waals surface area (Å²) in [5.41, 5.74) is 7.29. The van der Waals surface area contributed by atoms with Crippen LogP contribution < -0.4 is 11.1 Å². The predicted molar refractivity (Wildman–Crippen MR) is 124 cm³/mol. The van der Waals surface area contributed by atoms with Crippen molar-refractivity contribution in [3.63, 3.8) is 0 Å². The Hall–Kier alpha value is -3.60. The van der Waals surface area contributed by atoms with Crippen LogP contribution in [0.1, 0.15) is 21.6 Å². The largest absolute Gasteiger partial charge is 0.381 e. The molecule has 34 heavy (non-hydrogen) atoms. The van der Waals surface area contributed by atoms with Crippen LogP contribution in [0.2, 0.25) is 0 Å². The van der Waals surface area contributed by atoms with E-state index in [0.29, 0.717) is 25.6 Å². The zero-order valence-electron chi connectivity index (χ0n) is 18.7. The van der Waals surface area contributed by atoms with Crippen molar-refractivity contribution < 1.29 is 19.4 Å². The van der Waals surface area contributed by atoms with E-state index in [0.717, 1.165) is 24.3 Å². The van der Waals surface area contributed by atoms with E-state index in [2.05, 4.69) is 20.3 Å². The standard InChI is InChI=1S/C24H28N6O4/c25-22(32)21(31)20(15-17-5-2-1-3-6-17)27-24(33)19-7-4-9-26-23(19)30-10-8-18(28-30)16-29-11-13-34-14-12-29/h1-10,20-21,31H,11-16H2,(H2,25,32)(H,27,33). The lowest BCUT2D eigenvalue weighted by atomic mass is 10.0. The fourth-order valence-electron chi connectivity index (χ4n) is 3.86. The number of morpholine rings is 1. The molecule has 0 radical (unpaired) electrons. The molecule has 10 heteroatoms. The summed E-state index contributed by atoms with van der Waals surface area (Å²) < 4.78 is 6.94. The molecule has 178 valence electrons. The fourth-order valence-corrected chi connectivity index (χ4v) is 3.86. The van der Waals surface area contributed by atoms with Crippen molar-refractivity contribution in [3.05, 3.63) is 77.7 Å². The van der Waals surface area contributed by atoms with Crippen molar-refractivity contribution in [2.75, 3.05) is 26.3 Å². The van der Waals surface area contributed by atoms with E-state index in [-0.39, 0.29) is 12.0 Å². The Morgan fingerprint density at radius 1 is 1.12 bits per heavy atom. The molecule has 1 aromatic carbocycles. The number of ether oxygens (including phenoxy) is 1. The summed E-state index contributed by atoms with van der Waals surface area (Å²) in [5.74, 6) is -1.05. The Bertz CT molecular complexity index is 1110. The second kappa shape index (κ2) is 11.0. The minimum atomic E-state index is -1.55. The smallest absolute Gasteiger partial charge is 0.255 e. The van der Waals surface area contributed by atoms with Crippen LogP contribution >= 0.6 is 0 Å². The molecule has 10 nitrogen and oxygen atoms in total. The molecule has 3 aromatic rings. The van der Waals surface area contributed by atoms with Gasteiger partial charge in [-0.25, -0.2) is 9.67 Å². The van der Waals surface area contributed by atoms with Crippen LogP contribution in [0.5, 0.6) is 0 Å². The summed E-state index contributed by atoms with van der Waals surface area (Å²) in [6.07, 6.45) is 2.02. The van der Waals surface area contributed by atoms with E-state index < -0.39 is 24.0 Å². The average Bonchev–Trinajstić information content (AvgIpc) is 3.32. The molecule has 2 unspecified atom stereocenters. The number of nitrogens with one attached hydrogen (secondary N) is 1. The number of aromatic nitrogens is 3.